The van der Waals surface area contributed by atoms with Crippen LogP contribution in [0.3, 0.4) is 0 Å². The topological polar surface area (TPSA) is 63.9 Å². The van der Waals surface area contributed by atoms with Crippen LogP contribution in [-0.4, -0.2) is 43.9 Å². The lowest BCUT2D eigenvalue weighted by Crippen LogP contribution is -2.37. The zero-order chi connectivity index (χ0) is 16.2. The quantitative estimate of drug-likeness (QED) is 0.866. The van der Waals surface area contributed by atoms with Gasteiger partial charge in [-0.15, -0.1) is 5.10 Å². The van der Waals surface area contributed by atoms with Crippen LogP contribution >= 0.6 is 11.6 Å². The van der Waals surface area contributed by atoms with Crippen LogP contribution in [0.4, 0.5) is 0 Å². The molecule has 3 heterocycles. The molecule has 122 valence electrons. The van der Waals surface area contributed by atoms with Gasteiger partial charge in [-0.05, 0) is 25.8 Å². The van der Waals surface area contributed by atoms with Crippen molar-refractivity contribution in [2.75, 3.05) is 13.1 Å². The van der Waals surface area contributed by atoms with Crippen LogP contribution in [0.15, 0.2) is 24.7 Å². The number of carbonyl (C=O) groups is 1. The first-order valence-corrected chi connectivity index (χ1v) is 8.34. The fourth-order valence-electron chi connectivity index (χ4n) is 2.82. The Morgan fingerprint density at radius 2 is 1.96 bits per heavy atom. The van der Waals surface area contributed by atoms with Gasteiger partial charge in [0.1, 0.15) is 11.7 Å². The molecular formula is C16H20ClN5O. The van der Waals surface area contributed by atoms with E-state index in [-0.39, 0.29) is 11.9 Å². The molecule has 1 aliphatic heterocycles. The van der Waals surface area contributed by atoms with Gasteiger partial charge in [0.05, 0.1) is 11.2 Å². The lowest BCUT2D eigenvalue weighted by molar-refractivity contribution is -0.134. The number of pyridine rings is 1. The van der Waals surface area contributed by atoms with Gasteiger partial charge >= 0.3 is 0 Å². The van der Waals surface area contributed by atoms with Crippen LogP contribution < -0.4 is 0 Å². The van der Waals surface area contributed by atoms with E-state index in [0.29, 0.717) is 10.7 Å². The van der Waals surface area contributed by atoms with E-state index < -0.39 is 0 Å². The Bertz CT molecular complexity index is 679. The molecule has 1 aliphatic rings. The van der Waals surface area contributed by atoms with Crippen molar-refractivity contribution in [3.63, 3.8) is 0 Å². The predicted molar refractivity (Wildman–Crippen MR) is 88.0 cm³/mol. The van der Waals surface area contributed by atoms with Gasteiger partial charge in [-0.25, -0.2) is 4.68 Å². The largest absolute Gasteiger partial charge is 0.341 e. The maximum Gasteiger partial charge on any atom is 0.247 e. The first kappa shape index (κ1) is 15.9. The highest BCUT2D eigenvalue weighted by Crippen LogP contribution is 2.21. The monoisotopic (exact) mass is 333 g/mol. The normalized spacial score (nSPS) is 16.9. The minimum atomic E-state index is -0.360. The summed E-state index contributed by atoms with van der Waals surface area (Å²) >= 11 is 5.95. The molecule has 0 aliphatic carbocycles. The van der Waals surface area contributed by atoms with Gasteiger partial charge in [-0.3, -0.25) is 9.78 Å². The van der Waals surface area contributed by atoms with Crippen molar-refractivity contribution in [2.24, 2.45) is 0 Å². The van der Waals surface area contributed by atoms with Crippen LogP contribution in [0.25, 0.3) is 11.3 Å². The fraction of sp³-hybridized carbons (Fsp3) is 0.500. The molecule has 2 aromatic rings. The maximum atomic E-state index is 12.7. The first-order valence-electron chi connectivity index (χ1n) is 7.96. The Labute approximate surface area is 140 Å². The number of aromatic nitrogens is 4. The summed E-state index contributed by atoms with van der Waals surface area (Å²) in [4.78, 5) is 18.6. The lowest BCUT2D eigenvalue weighted by atomic mass is 10.2. The number of carbonyl (C=O) groups excluding carboxylic acids is 1. The highest BCUT2D eigenvalue weighted by molar-refractivity contribution is 6.30. The maximum absolute atomic E-state index is 12.7. The molecule has 1 atom stereocenters. The van der Waals surface area contributed by atoms with Gasteiger partial charge in [-0.1, -0.05) is 29.7 Å². The molecule has 0 saturated carbocycles. The summed E-state index contributed by atoms with van der Waals surface area (Å²) in [5.74, 6) is 0.104. The number of rotatable bonds is 3. The van der Waals surface area contributed by atoms with Crippen LogP contribution in [0, 0.1) is 0 Å². The second kappa shape index (κ2) is 7.08. The Morgan fingerprint density at radius 1 is 1.22 bits per heavy atom. The third-order valence-corrected chi connectivity index (χ3v) is 4.39. The van der Waals surface area contributed by atoms with Gasteiger partial charge in [0.15, 0.2) is 0 Å². The van der Waals surface area contributed by atoms with E-state index in [1.807, 2.05) is 11.8 Å². The lowest BCUT2D eigenvalue weighted by Gasteiger charge is -2.23. The summed E-state index contributed by atoms with van der Waals surface area (Å²) in [6.45, 7) is 3.54. The molecule has 1 unspecified atom stereocenters. The minimum Gasteiger partial charge on any atom is -0.341 e. The number of halogens is 1. The van der Waals surface area contributed by atoms with Crippen LogP contribution in [-0.2, 0) is 4.79 Å². The molecule has 0 bridgehead atoms. The zero-order valence-electron chi connectivity index (χ0n) is 13.2. The average molecular weight is 334 g/mol. The molecule has 7 heteroatoms. The Balaban J connectivity index is 1.75. The van der Waals surface area contributed by atoms with E-state index in [1.54, 1.807) is 29.3 Å². The van der Waals surface area contributed by atoms with Gasteiger partial charge < -0.3 is 4.90 Å². The molecule has 0 N–H and O–H groups in total. The number of likely N-dealkylation sites (tertiary alicyclic amines) is 1. The van der Waals surface area contributed by atoms with Gasteiger partial charge in [0.2, 0.25) is 5.91 Å². The van der Waals surface area contributed by atoms with Crippen molar-refractivity contribution in [1.82, 2.24) is 24.9 Å². The number of hydrogen-bond acceptors (Lipinski definition) is 4. The molecule has 6 nitrogen and oxygen atoms in total. The average Bonchev–Trinajstić information content (AvgIpc) is 2.89. The van der Waals surface area contributed by atoms with E-state index in [9.17, 15) is 4.79 Å². The van der Waals surface area contributed by atoms with E-state index in [2.05, 4.69) is 15.3 Å². The molecule has 0 radical (unpaired) electrons. The zero-order valence-corrected chi connectivity index (χ0v) is 13.9. The Hall–Kier alpha value is -1.95. The van der Waals surface area contributed by atoms with Crippen LogP contribution in [0.1, 0.15) is 38.6 Å². The van der Waals surface area contributed by atoms with Crippen molar-refractivity contribution < 1.29 is 4.79 Å². The summed E-state index contributed by atoms with van der Waals surface area (Å²) in [6.07, 6.45) is 9.58. The molecule has 1 fully saturated rings. The van der Waals surface area contributed by atoms with E-state index in [0.717, 1.165) is 31.5 Å². The predicted octanol–water partition coefficient (Wildman–Crippen LogP) is 2.96. The minimum absolute atomic E-state index is 0.104. The van der Waals surface area contributed by atoms with Crippen molar-refractivity contribution in [3.8, 4) is 11.3 Å². The standard InChI is InChI=1S/C16H20ClN5O/c1-12(16(23)21-6-4-2-3-5-7-21)22-11-15(19-20-22)13-8-14(17)10-18-9-13/h8-12H,2-7H2,1H3. The summed E-state index contributed by atoms with van der Waals surface area (Å²) in [6, 6.07) is 1.42. The SMILES string of the molecule is CC(C(=O)N1CCCCCC1)n1cc(-c2cncc(Cl)c2)nn1. The Kier molecular flexibility index (Phi) is 4.91. The Morgan fingerprint density at radius 3 is 2.65 bits per heavy atom. The number of hydrogen-bond donors (Lipinski definition) is 0. The second-order valence-electron chi connectivity index (χ2n) is 5.89. The second-order valence-corrected chi connectivity index (χ2v) is 6.33. The fourth-order valence-corrected chi connectivity index (χ4v) is 2.99. The van der Waals surface area contributed by atoms with Crippen LogP contribution in [0.2, 0.25) is 5.02 Å². The third-order valence-electron chi connectivity index (χ3n) is 4.18. The van der Waals surface area contributed by atoms with Gasteiger partial charge in [0.25, 0.3) is 0 Å². The van der Waals surface area contributed by atoms with Crippen molar-refractivity contribution in [2.45, 2.75) is 38.6 Å². The molecule has 1 saturated heterocycles. The molecule has 2 aromatic heterocycles. The number of amides is 1. The molecular weight excluding hydrogens is 314 g/mol. The van der Waals surface area contributed by atoms with E-state index in [1.165, 1.54) is 12.8 Å². The molecule has 1 amide bonds. The highest BCUT2D eigenvalue weighted by Gasteiger charge is 2.23. The van der Waals surface area contributed by atoms with E-state index in [4.69, 9.17) is 11.6 Å². The molecule has 3 rings (SSSR count). The third kappa shape index (κ3) is 3.69. The molecule has 0 aromatic carbocycles. The summed E-state index contributed by atoms with van der Waals surface area (Å²) in [5.41, 5.74) is 1.45. The van der Waals surface area contributed by atoms with Crippen molar-refractivity contribution >= 4 is 17.5 Å². The smallest absolute Gasteiger partial charge is 0.247 e. The first-order chi connectivity index (χ1) is 11.1. The van der Waals surface area contributed by atoms with Crippen molar-refractivity contribution in [1.29, 1.82) is 0 Å². The molecule has 23 heavy (non-hydrogen) atoms. The summed E-state index contributed by atoms with van der Waals surface area (Å²) < 4.78 is 1.61. The summed E-state index contributed by atoms with van der Waals surface area (Å²) in [5, 5.41) is 8.80. The highest BCUT2D eigenvalue weighted by atomic mass is 35.5. The summed E-state index contributed by atoms with van der Waals surface area (Å²) in [7, 11) is 0. The number of nitrogens with zero attached hydrogens (tertiary/aromatic N) is 5. The van der Waals surface area contributed by atoms with Gasteiger partial charge in [0, 0.05) is 31.0 Å². The van der Waals surface area contributed by atoms with Gasteiger partial charge in [-0.2, -0.15) is 0 Å². The van der Waals surface area contributed by atoms with Crippen LogP contribution in [0.5, 0.6) is 0 Å². The van der Waals surface area contributed by atoms with E-state index >= 15 is 0 Å². The molecule has 0 spiro atoms. The van der Waals surface area contributed by atoms with Crippen molar-refractivity contribution in [3.05, 3.63) is 29.7 Å².